The van der Waals surface area contributed by atoms with E-state index in [1.54, 1.807) is 7.11 Å². The summed E-state index contributed by atoms with van der Waals surface area (Å²) in [6.07, 6.45) is 3.67. The van der Waals surface area contributed by atoms with Gasteiger partial charge in [-0.15, -0.1) is 0 Å². The molecule has 7 heteroatoms. The Morgan fingerprint density at radius 1 is 1.09 bits per heavy atom. The maximum atomic E-state index is 12.5. The Morgan fingerprint density at radius 3 is 2.39 bits per heavy atom. The fourth-order valence-corrected chi connectivity index (χ4v) is 4.16. The number of ether oxygens (including phenoxy) is 3. The number of pyridine rings is 2. The Morgan fingerprint density at radius 2 is 1.82 bits per heavy atom. The Bertz CT molecular complexity index is 1150. The van der Waals surface area contributed by atoms with Crippen molar-refractivity contribution >= 4 is 17.0 Å². The van der Waals surface area contributed by atoms with Crippen LogP contribution in [0.25, 0.3) is 22.3 Å². The van der Waals surface area contributed by atoms with Crippen LogP contribution in [0.2, 0.25) is 0 Å². The maximum absolute atomic E-state index is 12.5. The number of methoxy groups -OCH3 is 2. The topological polar surface area (TPSA) is 75.5 Å². The number of hydrogen-bond donors (Lipinski definition) is 0. The summed E-state index contributed by atoms with van der Waals surface area (Å²) < 4.78 is 18.6. The number of aryl methyl sites for hydroxylation is 3. The average molecular weight is 454 g/mol. The van der Waals surface area contributed by atoms with E-state index in [9.17, 15) is 4.79 Å². The molecule has 33 heavy (non-hydrogen) atoms. The predicted molar refractivity (Wildman–Crippen MR) is 130 cm³/mol. The average Bonchev–Trinajstić information content (AvgIpc) is 3.10. The summed E-state index contributed by atoms with van der Waals surface area (Å²) in [6, 6.07) is 4.21. The molecule has 0 N–H and O–H groups in total. The highest BCUT2D eigenvalue weighted by molar-refractivity contribution is 5.94. The number of carbonyl (C=O) groups excluding carboxylic acids is 1. The van der Waals surface area contributed by atoms with Crippen molar-refractivity contribution in [2.75, 3.05) is 20.8 Å². The summed E-state index contributed by atoms with van der Waals surface area (Å²) in [5.74, 6) is -0.183. The molecule has 0 amide bonds. The quantitative estimate of drug-likeness (QED) is 0.401. The highest BCUT2D eigenvalue weighted by atomic mass is 16.5. The molecule has 0 spiro atoms. The minimum absolute atomic E-state index is 0.117. The van der Waals surface area contributed by atoms with Gasteiger partial charge in [0.1, 0.15) is 5.56 Å². The van der Waals surface area contributed by atoms with Gasteiger partial charge in [0.15, 0.2) is 0 Å². The molecule has 0 saturated carbocycles. The number of aromatic nitrogens is 3. The first-order chi connectivity index (χ1) is 15.7. The van der Waals surface area contributed by atoms with Gasteiger partial charge < -0.3 is 18.8 Å². The van der Waals surface area contributed by atoms with Crippen molar-refractivity contribution < 1.29 is 19.0 Å². The van der Waals surface area contributed by atoms with E-state index in [0.717, 1.165) is 45.5 Å². The lowest BCUT2D eigenvalue weighted by molar-refractivity contribution is 0.0593. The van der Waals surface area contributed by atoms with Crippen molar-refractivity contribution in [2.45, 2.75) is 66.5 Å². The third-order valence-electron chi connectivity index (χ3n) is 5.81. The standard InChI is InChI=1S/C26H35N3O4/c1-9-18(14-31-7)29-13-17(6)24-22(29)11-16(5)23(28-24)19-12-20(26(30)32-8)25(33-15(3)4)27-21(19)10-2/h11-13,15,18H,9-10,14H2,1-8H3/t18-/m1/s1. The van der Waals surface area contributed by atoms with Crippen LogP contribution in [0.15, 0.2) is 18.3 Å². The zero-order valence-corrected chi connectivity index (χ0v) is 21.0. The number of rotatable bonds is 9. The van der Waals surface area contributed by atoms with Crippen LogP contribution in [0, 0.1) is 13.8 Å². The molecular formula is C26H35N3O4. The molecule has 1 atom stereocenters. The second kappa shape index (κ2) is 10.3. The fraction of sp³-hybridized carbons (Fsp3) is 0.500. The van der Waals surface area contributed by atoms with Crippen molar-refractivity contribution in [3.8, 4) is 17.1 Å². The van der Waals surface area contributed by atoms with Crippen LogP contribution in [0.5, 0.6) is 5.88 Å². The molecule has 3 heterocycles. The van der Waals surface area contributed by atoms with Crippen molar-refractivity contribution in [1.29, 1.82) is 0 Å². The molecule has 0 aliphatic rings. The van der Waals surface area contributed by atoms with Gasteiger partial charge in [0, 0.05) is 18.9 Å². The monoisotopic (exact) mass is 453 g/mol. The molecule has 178 valence electrons. The van der Waals surface area contributed by atoms with E-state index in [0.29, 0.717) is 24.5 Å². The normalized spacial score (nSPS) is 12.4. The van der Waals surface area contributed by atoms with Crippen LogP contribution in [-0.2, 0) is 15.9 Å². The molecule has 0 unspecified atom stereocenters. The number of hydrogen-bond acceptors (Lipinski definition) is 6. The lowest BCUT2D eigenvalue weighted by atomic mass is 10.0. The smallest absolute Gasteiger partial charge is 0.343 e. The Kier molecular flexibility index (Phi) is 7.74. The minimum atomic E-state index is -0.478. The van der Waals surface area contributed by atoms with Crippen molar-refractivity contribution in [1.82, 2.24) is 14.5 Å². The zero-order valence-electron chi connectivity index (χ0n) is 21.0. The van der Waals surface area contributed by atoms with Crippen molar-refractivity contribution in [3.05, 3.63) is 40.7 Å². The van der Waals surface area contributed by atoms with Crippen LogP contribution in [0.4, 0.5) is 0 Å². The first-order valence-electron chi connectivity index (χ1n) is 11.5. The van der Waals surface area contributed by atoms with Gasteiger partial charge in [-0.25, -0.2) is 14.8 Å². The second-order valence-corrected chi connectivity index (χ2v) is 8.61. The largest absolute Gasteiger partial charge is 0.474 e. The lowest BCUT2D eigenvalue weighted by Crippen LogP contribution is -2.14. The maximum Gasteiger partial charge on any atom is 0.343 e. The summed E-state index contributed by atoms with van der Waals surface area (Å²) >= 11 is 0. The van der Waals surface area contributed by atoms with Crippen LogP contribution >= 0.6 is 0 Å². The van der Waals surface area contributed by atoms with Gasteiger partial charge in [-0.3, -0.25) is 0 Å². The van der Waals surface area contributed by atoms with Gasteiger partial charge in [-0.2, -0.15) is 0 Å². The van der Waals surface area contributed by atoms with Gasteiger partial charge in [0.2, 0.25) is 5.88 Å². The van der Waals surface area contributed by atoms with E-state index < -0.39 is 5.97 Å². The predicted octanol–water partition coefficient (Wildman–Crippen LogP) is 5.45. The highest BCUT2D eigenvalue weighted by Gasteiger charge is 2.23. The lowest BCUT2D eigenvalue weighted by Gasteiger charge is -2.19. The summed E-state index contributed by atoms with van der Waals surface area (Å²) in [4.78, 5) is 22.3. The van der Waals surface area contributed by atoms with Crippen LogP contribution in [0.1, 0.15) is 67.3 Å². The van der Waals surface area contributed by atoms with Crippen molar-refractivity contribution in [2.24, 2.45) is 0 Å². The van der Waals surface area contributed by atoms with Gasteiger partial charge >= 0.3 is 5.97 Å². The number of fused-ring (bicyclic) bond motifs is 1. The van der Waals surface area contributed by atoms with E-state index in [1.807, 2.05) is 33.8 Å². The first kappa shape index (κ1) is 24.7. The van der Waals surface area contributed by atoms with E-state index >= 15 is 0 Å². The van der Waals surface area contributed by atoms with Gasteiger partial charge in [-0.1, -0.05) is 13.8 Å². The van der Waals surface area contributed by atoms with Gasteiger partial charge in [0.25, 0.3) is 0 Å². The SMILES string of the molecule is CCc1nc(OC(C)C)c(C(=O)OC)cc1-c1nc2c(C)cn([C@H](CC)COC)c2cc1C. The van der Waals surface area contributed by atoms with Gasteiger partial charge in [-0.05, 0) is 63.8 Å². The number of nitrogens with zero attached hydrogens (tertiary/aromatic N) is 3. The number of carbonyl (C=O) groups is 1. The Balaban J connectivity index is 2.24. The molecule has 0 radical (unpaired) electrons. The molecule has 0 saturated heterocycles. The summed E-state index contributed by atoms with van der Waals surface area (Å²) in [7, 11) is 3.09. The third kappa shape index (κ3) is 4.88. The molecule has 3 aromatic heterocycles. The highest BCUT2D eigenvalue weighted by Crippen LogP contribution is 2.34. The summed E-state index contributed by atoms with van der Waals surface area (Å²) in [5, 5.41) is 0. The van der Waals surface area contributed by atoms with Crippen LogP contribution in [-0.4, -0.2) is 47.4 Å². The van der Waals surface area contributed by atoms with Gasteiger partial charge in [0.05, 0.1) is 48.3 Å². The Labute approximate surface area is 196 Å². The fourth-order valence-electron chi connectivity index (χ4n) is 4.16. The number of esters is 1. The molecule has 3 rings (SSSR count). The zero-order chi connectivity index (χ0) is 24.3. The molecular weight excluding hydrogens is 418 g/mol. The molecule has 0 aliphatic carbocycles. The third-order valence-corrected chi connectivity index (χ3v) is 5.81. The van der Waals surface area contributed by atoms with E-state index in [-0.39, 0.29) is 12.1 Å². The summed E-state index contributed by atoms with van der Waals surface area (Å²) in [6.45, 7) is 12.8. The second-order valence-electron chi connectivity index (χ2n) is 8.61. The first-order valence-corrected chi connectivity index (χ1v) is 11.5. The van der Waals surface area contributed by atoms with Crippen molar-refractivity contribution in [3.63, 3.8) is 0 Å². The molecule has 0 bridgehead atoms. The van der Waals surface area contributed by atoms with E-state index in [4.69, 9.17) is 24.2 Å². The molecule has 0 aromatic carbocycles. The van der Waals surface area contributed by atoms with Crippen LogP contribution in [0.3, 0.4) is 0 Å². The molecule has 0 fully saturated rings. The summed E-state index contributed by atoms with van der Waals surface area (Å²) in [5.41, 5.74) is 6.90. The molecule has 3 aromatic rings. The van der Waals surface area contributed by atoms with E-state index in [1.165, 1.54) is 7.11 Å². The van der Waals surface area contributed by atoms with Crippen LogP contribution < -0.4 is 4.74 Å². The van der Waals surface area contributed by atoms with E-state index in [2.05, 4.69) is 30.7 Å². The molecule has 0 aliphatic heterocycles. The minimum Gasteiger partial charge on any atom is -0.474 e. The molecule has 7 nitrogen and oxygen atoms in total. The Hall–Kier alpha value is -2.93.